The fraction of sp³-hybridized carbons (Fsp3) is 0.750. The van der Waals surface area contributed by atoms with E-state index >= 15 is 0 Å². The second-order valence-corrected chi connectivity index (χ2v) is 3.24. The third kappa shape index (κ3) is 7.45. The van der Waals surface area contributed by atoms with E-state index in [-0.39, 0.29) is 5.41 Å². The summed E-state index contributed by atoms with van der Waals surface area (Å²) >= 11 is 0. The molecule has 0 aromatic carbocycles. The number of hydrogen-bond donors (Lipinski definition) is 0. The van der Waals surface area contributed by atoms with Crippen molar-refractivity contribution in [1.29, 1.82) is 0 Å². The number of rotatable bonds is 1. The van der Waals surface area contributed by atoms with Crippen LogP contribution in [0.1, 0.15) is 34.1 Å². The summed E-state index contributed by atoms with van der Waals surface area (Å²) in [6.45, 7) is 8.50. The van der Waals surface area contributed by atoms with Crippen molar-refractivity contribution in [2.24, 2.45) is 5.41 Å². The van der Waals surface area contributed by atoms with Crippen molar-refractivity contribution < 1.29 is 0 Å². The van der Waals surface area contributed by atoms with E-state index in [1.807, 2.05) is 12.4 Å². The predicted molar refractivity (Wildman–Crippen MR) is 44.0 cm³/mol. The maximum absolute atomic E-state index is 4.11. The summed E-state index contributed by atoms with van der Waals surface area (Å²) in [6.07, 6.45) is 4.91. The van der Waals surface area contributed by atoms with Crippen LogP contribution in [0, 0.1) is 5.41 Å². The minimum Gasteiger partial charge on any atom is -0.110 e. The van der Waals surface area contributed by atoms with Crippen LogP contribution in [0.15, 0.2) is 0 Å². The number of hydrogen-bond acceptors (Lipinski definition) is 0. The van der Waals surface area contributed by atoms with E-state index in [1.54, 1.807) is 0 Å². The van der Waals surface area contributed by atoms with Crippen molar-refractivity contribution in [3.8, 4) is 0 Å². The van der Waals surface area contributed by atoms with Crippen molar-refractivity contribution >= 4 is 12.4 Å². The van der Waals surface area contributed by atoms with Crippen molar-refractivity contribution in [3.05, 3.63) is 0 Å². The molecule has 0 bridgehead atoms. The van der Waals surface area contributed by atoms with E-state index in [0.29, 0.717) is 0 Å². The van der Waals surface area contributed by atoms with Crippen molar-refractivity contribution in [1.82, 2.24) is 4.67 Å². The van der Waals surface area contributed by atoms with Crippen LogP contribution in [0.3, 0.4) is 0 Å². The lowest BCUT2D eigenvalue weighted by atomic mass is 9.99. The minimum absolute atomic E-state index is 0.228. The Morgan fingerprint density at radius 2 is 1.89 bits per heavy atom. The second-order valence-electron chi connectivity index (χ2n) is 3.24. The Morgan fingerprint density at radius 3 is 2.22 bits per heavy atom. The van der Waals surface area contributed by atoms with Crippen LogP contribution in [-0.2, 0) is 0 Å². The Labute approximate surface area is 57.5 Å². The normalized spacial score (nSPS) is 10.2. The fourth-order valence-electron chi connectivity index (χ4n) is 0.382. The summed E-state index contributed by atoms with van der Waals surface area (Å²) in [7, 11) is 0. The Kier molecular flexibility index (Phi) is 3.26. The SMILES string of the molecule is CCC=[N+]=CC(C)(C)C. The second kappa shape index (κ2) is 3.47. The van der Waals surface area contributed by atoms with Gasteiger partial charge in [-0.05, 0) is 20.8 Å². The first-order valence-corrected chi connectivity index (χ1v) is 3.42. The van der Waals surface area contributed by atoms with Gasteiger partial charge in [-0.3, -0.25) is 0 Å². The summed E-state index contributed by atoms with van der Waals surface area (Å²) in [6, 6.07) is 0. The topological polar surface area (TPSA) is 14.1 Å². The molecule has 0 amide bonds. The molecule has 0 aliphatic rings. The molecule has 0 aromatic rings. The zero-order valence-corrected chi connectivity index (χ0v) is 6.81. The lowest BCUT2D eigenvalue weighted by molar-refractivity contribution is 0.606. The molecule has 0 rings (SSSR count). The Bertz CT molecular complexity index is 122. The largest absolute Gasteiger partial charge is 0.273 e. The maximum Gasteiger partial charge on any atom is 0.273 e. The maximum atomic E-state index is 4.11. The summed E-state index contributed by atoms with van der Waals surface area (Å²) in [5, 5.41) is 0. The Hall–Kier alpha value is -0.550. The van der Waals surface area contributed by atoms with Gasteiger partial charge < -0.3 is 0 Å². The molecule has 0 heterocycles. The van der Waals surface area contributed by atoms with Gasteiger partial charge in [0.2, 0.25) is 0 Å². The lowest BCUT2D eigenvalue weighted by Gasteiger charge is -1.99. The first-order valence-electron chi connectivity index (χ1n) is 3.42. The van der Waals surface area contributed by atoms with E-state index in [1.165, 1.54) is 0 Å². The van der Waals surface area contributed by atoms with Crippen LogP contribution in [0.2, 0.25) is 0 Å². The molecule has 0 atom stereocenters. The zero-order chi connectivity index (χ0) is 7.33. The standard InChI is InChI=1S/C8H16N/c1-5-6-9-7-8(2,3)4/h6-7H,5H2,1-4H3/q+1. The fourth-order valence-corrected chi connectivity index (χ4v) is 0.382. The van der Waals surface area contributed by atoms with Crippen LogP contribution in [0.25, 0.3) is 0 Å². The van der Waals surface area contributed by atoms with Gasteiger partial charge >= 0.3 is 0 Å². The van der Waals surface area contributed by atoms with Gasteiger partial charge in [0.05, 0.1) is 5.41 Å². The molecule has 1 nitrogen and oxygen atoms in total. The molecular weight excluding hydrogens is 110 g/mol. The summed E-state index contributed by atoms with van der Waals surface area (Å²) < 4.78 is 4.11. The molecule has 0 radical (unpaired) electrons. The van der Waals surface area contributed by atoms with Gasteiger partial charge in [0.1, 0.15) is 0 Å². The van der Waals surface area contributed by atoms with E-state index in [2.05, 4.69) is 32.4 Å². The van der Waals surface area contributed by atoms with Crippen LogP contribution in [0.5, 0.6) is 0 Å². The molecule has 0 aliphatic heterocycles. The van der Waals surface area contributed by atoms with E-state index in [9.17, 15) is 0 Å². The van der Waals surface area contributed by atoms with Crippen molar-refractivity contribution in [2.75, 3.05) is 0 Å². The van der Waals surface area contributed by atoms with E-state index < -0.39 is 0 Å². The quantitative estimate of drug-likeness (QED) is 0.374. The van der Waals surface area contributed by atoms with Crippen molar-refractivity contribution in [2.45, 2.75) is 34.1 Å². The van der Waals surface area contributed by atoms with E-state index in [0.717, 1.165) is 6.42 Å². The summed E-state index contributed by atoms with van der Waals surface area (Å²) in [5.74, 6) is 0. The van der Waals surface area contributed by atoms with Crippen molar-refractivity contribution in [3.63, 3.8) is 0 Å². The highest BCUT2D eigenvalue weighted by atomic mass is 14.5. The average molecular weight is 126 g/mol. The first kappa shape index (κ1) is 8.45. The monoisotopic (exact) mass is 126 g/mol. The molecule has 0 unspecified atom stereocenters. The van der Waals surface area contributed by atoms with Crippen LogP contribution in [0.4, 0.5) is 0 Å². The molecule has 0 saturated carbocycles. The Balaban J connectivity index is 3.84. The third-order valence-electron chi connectivity index (χ3n) is 0.750. The lowest BCUT2D eigenvalue weighted by Crippen LogP contribution is -2.08. The third-order valence-corrected chi connectivity index (χ3v) is 0.750. The predicted octanol–water partition coefficient (Wildman–Crippen LogP) is 1.65. The molecule has 0 aromatic heterocycles. The van der Waals surface area contributed by atoms with Gasteiger partial charge in [0, 0.05) is 6.42 Å². The molecule has 52 valence electrons. The van der Waals surface area contributed by atoms with Gasteiger partial charge in [0.25, 0.3) is 12.4 Å². The molecule has 0 saturated heterocycles. The molecule has 1 heteroatoms. The zero-order valence-electron chi connectivity index (χ0n) is 6.81. The average Bonchev–Trinajstić information content (AvgIpc) is 1.63. The molecule has 9 heavy (non-hydrogen) atoms. The highest BCUT2D eigenvalue weighted by Gasteiger charge is 2.10. The smallest absolute Gasteiger partial charge is 0.110 e. The molecule has 0 spiro atoms. The number of nitrogens with zero attached hydrogens (tertiary/aromatic N) is 1. The molecule has 0 fully saturated rings. The minimum atomic E-state index is 0.228. The van der Waals surface area contributed by atoms with Gasteiger partial charge in [0.15, 0.2) is 0 Å². The van der Waals surface area contributed by atoms with Crippen LogP contribution >= 0.6 is 0 Å². The highest BCUT2D eigenvalue weighted by molar-refractivity contribution is 5.69. The summed E-state index contributed by atoms with van der Waals surface area (Å²) in [5.41, 5.74) is 0.228. The highest BCUT2D eigenvalue weighted by Crippen LogP contribution is 2.05. The Morgan fingerprint density at radius 1 is 1.33 bits per heavy atom. The van der Waals surface area contributed by atoms with Gasteiger partial charge in [-0.15, -0.1) is 4.67 Å². The molecular formula is C8H16N+. The first-order chi connectivity index (χ1) is 4.06. The molecule has 0 N–H and O–H groups in total. The van der Waals surface area contributed by atoms with Gasteiger partial charge in [-0.1, -0.05) is 6.92 Å². The van der Waals surface area contributed by atoms with Crippen LogP contribution < -0.4 is 4.67 Å². The van der Waals surface area contributed by atoms with Gasteiger partial charge in [-0.2, -0.15) is 0 Å². The summed E-state index contributed by atoms with van der Waals surface area (Å²) in [4.78, 5) is 0. The van der Waals surface area contributed by atoms with Crippen LogP contribution in [-0.4, -0.2) is 12.4 Å². The van der Waals surface area contributed by atoms with E-state index in [4.69, 9.17) is 0 Å². The molecule has 0 aliphatic carbocycles. The van der Waals surface area contributed by atoms with Gasteiger partial charge in [-0.25, -0.2) is 0 Å².